The summed E-state index contributed by atoms with van der Waals surface area (Å²) < 4.78 is 0. The maximum atomic E-state index is 12.4. The van der Waals surface area contributed by atoms with Crippen molar-refractivity contribution in [3.8, 4) is 0 Å². The molecule has 2 rings (SSSR count). The van der Waals surface area contributed by atoms with Crippen molar-refractivity contribution in [2.24, 2.45) is 0 Å². The van der Waals surface area contributed by atoms with Crippen LogP contribution in [0.4, 0.5) is 5.69 Å². The molecule has 2 N–H and O–H groups in total. The Bertz CT molecular complexity index is 754. The lowest BCUT2D eigenvalue weighted by atomic mass is 10.0. The van der Waals surface area contributed by atoms with Gasteiger partial charge in [0.15, 0.2) is 0 Å². The van der Waals surface area contributed by atoms with E-state index in [1.165, 1.54) is 0 Å². The molecule has 0 atom stereocenters. The number of aryl methyl sites for hydroxylation is 3. The summed E-state index contributed by atoms with van der Waals surface area (Å²) in [5, 5.41) is 5.65. The molecule has 2 aromatic carbocycles. The van der Waals surface area contributed by atoms with Gasteiger partial charge in [0, 0.05) is 23.4 Å². The molecule has 2 amide bonds. The predicted molar refractivity (Wildman–Crippen MR) is 97.6 cm³/mol. The zero-order valence-corrected chi connectivity index (χ0v) is 14.3. The van der Waals surface area contributed by atoms with Crippen molar-refractivity contribution in [1.82, 2.24) is 5.32 Å². The van der Waals surface area contributed by atoms with E-state index in [0.717, 1.165) is 22.4 Å². The first-order valence-electron chi connectivity index (χ1n) is 7.80. The van der Waals surface area contributed by atoms with E-state index in [4.69, 9.17) is 0 Å². The van der Waals surface area contributed by atoms with Gasteiger partial charge in [-0.3, -0.25) is 9.59 Å². The number of benzene rings is 2. The van der Waals surface area contributed by atoms with Crippen molar-refractivity contribution in [2.75, 3.05) is 11.9 Å². The third-order valence-corrected chi connectivity index (χ3v) is 3.73. The normalized spacial score (nSPS) is 10.1. The second-order valence-electron chi connectivity index (χ2n) is 5.80. The van der Waals surface area contributed by atoms with Crippen molar-refractivity contribution in [1.29, 1.82) is 0 Å². The van der Waals surface area contributed by atoms with Crippen molar-refractivity contribution in [3.05, 3.63) is 76.9 Å². The molecule has 0 saturated carbocycles. The summed E-state index contributed by atoms with van der Waals surface area (Å²) >= 11 is 0. The first kappa shape index (κ1) is 17.5. The van der Waals surface area contributed by atoms with Crippen LogP contribution in [0.2, 0.25) is 0 Å². The molecule has 0 aliphatic heterocycles. The van der Waals surface area contributed by atoms with Gasteiger partial charge in [0.1, 0.15) is 0 Å². The predicted octanol–water partition coefficient (Wildman–Crippen LogP) is 3.78. The Morgan fingerprint density at radius 1 is 0.958 bits per heavy atom. The van der Waals surface area contributed by atoms with Gasteiger partial charge in [-0.2, -0.15) is 0 Å². The Morgan fingerprint density at radius 3 is 1.96 bits per heavy atom. The molecule has 24 heavy (non-hydrogen) atoms. The van der Waals surface area contributed by atoms with E-state index in [0.29, 0.717) is 17.7 Å². The molecule has 2 aromatic rings. The highest BCUT2D eigenvalue weighted by Crippen LogP contribution is 2.22. The van der Waals surface area contributed by atoms with E-state index >= 15 is 0 Å². The summed E-state index contributed by atoms with van der Waals surface area (Å²) in [6.07, 6.45) is 1.62. The van der Waals surface area contributed by atoms with Gasteiger partial charge < -0.3 is 10.6 Å². The molecule has 0 heterocycles. The van der Waals surface area contributed by atoms with Crippen LogP contribution in [-0.2, 0) is 0 Å². The second kappa shape index (κ2) is 7.59. The lowest BCUT2D eigenvalue weighted by Gasteiger charge is -2.13. The number of anilines is 1. The van der Waals surface area contributed by atoms with Gasteiger partial charge in [-0.05, 0) is 56.2 Å². The molecule has 0 fully saturated rings. The van der Waals surface area contributed by atoms with Crippen LogP contribution in [0.5, 0.6) is 0 Å². The van der Waals surface area contributed by atoms with Gasteiger partial charge in [0.2, 0.25) is 0 Å². The second-order valence-corrected chi connectivity index (χ2v) is 5.80. The van der Waals surface area contributed by atoms with Gasteiger partial charge in [-0.1, -0.05) is 23.8 Å². The van der Waals surface area contributed by atoms with E-state index < -0.39 is 0 Å². The summed E-state index contributed by atoms with van der Waals surface area (Å²) in [7, 11) is 0. The highest BCUT2D eigenvalue weighted by Gasteiger charge is 2.11. The van der Waals surface area contributed by atoms with Gasteiger partial charge in [0.05, 0.1) is 0 Å². The molecule has 0 aliphatic carbocycles. The third-order valence-electron chi connectivity index (χ3n) is 3.73. The van der Waals surface area contributed by atoms with Crippen LogP contribution in [0.1, 0.15) is 37.4 Å². The average Bonchev–Trinajstić information content (AvgIpc) is 2.55. The Kier molecular flexibility index (Phi) is 5.53. The number of hydrogen-bond acceptors (Lipinski definition) is 2. The van der Waals surface area contributed by atoms with Gasteiger partial charge in [0.25, 0.3) is 11.8 Å². The van der Waals surface area contributed by atoms with Gasteiger partial charge in [-0.25, -0.2) is 0 Å². The fraction of sp³-hybridized carbons (Fsp3) is 0.200. The number of nitrogens with one attached hydrogen (secondary N) is 2. The molecule has 0 aromatic heterocycles. The summed E-state index contributed by atoms with van der Waals surface area (Å²) in [4.78, 5) is 24.3. The fourth-order valence-electron chi connectivity index (χ4n) is 2.60. The lowest BCUT2D eigenvalue weighted by Crippen LogP contribution is -2.23. The number of hydrogen-bond donors (Lipinski definition) is 2. The zero-order valence-electron chi connectivity index (χ0n) is 14.3. The molecule has 0 unspecified atom stereocenters. The largest absolute Gasteiger partial charge is 0.349 e. The summed E-state index contributed by atoms with van der Waals surface area (Å²) in [6, 6.07) is 10.7. The van der Waals surface area contributed by atoms with Crippen molar-refractivity contribution < 1.29 is 9.59 Å². The van der Waals surface area contributed by atoms with Gasteiger partial charge in [-0.15, -0.1) is 6.58 Å². The highest BCUT2D eigenvalue weighted by atomic mass is 16.2. The van der Waals surface area contributed by atoms with Crippen LogP contribution in [0.25, 0.3) is 0 Å². The molecule has 0 spiro atoms. The Balaban J connectivity index is 2.13. The minimum atomic E-state index is -0.192. The minimum absolute atomic E-state index is 0.188. The van der Waals surface area contributed by atoms with Crippen LogP contribution < -0.4 is 10.6 Å². The number of rotatable bonds is 5. The molecule has 0 aliphatic rings. The molecule has 0 radical (unpaired) electrons. The zero-order chi connectivity index (χ0) is 17.7. The summed E-state index contributed by atoms with van der Waals surface area (Å²) in [6.45, 7) is 9.94. The topological polar surface area (TPSA) is 58.2 Å². The van der Waals surface area contributed by atoms with E-state index in [2.05, 4.69) is 17.2 Å². The maximum absolute atomic E-state index is 12.4. The molecule has 4 heteroatoms. The number of carbonyl (C=O) groups excluding carboxylic acids is 2. The number of amides is 2. The van der Waals surface area contributed by atoms with E-state index in [-0.39, 0.29) is 11.8 Å². The molecule has 124 valence electrons. The van der Waals surface area contributed by atoms with Crippen LogP contribution in [0.15, 0.2) is 49.1 Å². The molecule has 4 nitrogen and oxygen atoms in total. The summed E-state index contributed by atoms with van der Waals surface area (Å²) in [5.74, 6) is -0.379. The monoisotopic (exact) mass is 322 g/mol. The first-order valence-corrected chi connectivity index (χ1v) is 7.80. The molecular formula is C20H22N2O2. The van der Waals surface area contributed by atoms with Crippen LogP contribution in [0.3, 0.4) is 0 Å². The first-order chi connectivity index (χ1) is 11.4. The van der Waals surface area contributed by atoms with E-state index in [9.17, 15) is 9.59 Å². The van der Waals surface area contributed by atoms with Crippen LogP contribution in [-0.4, -0.2) is 18.4 Å². The van der Waals surface area contributed by atoms with Crippen molar-refractivity contribution in [3.63, 3.8) is 0 Å². The minimum Gasteiger partial charge on any atom is -0.349 e. The Hall–Kier alpha value is -2.88. The van der Waals surface area contributed by atoms with Crippen LogP contribution in [0, 0.1) is 20.8 Å². The highest BCUT2D eigenvalue weighted by molar-refractivity contribution is 6.05. The standard InChI is InChI=1S/C20H22N2O2/c1-5-10-21-19(23)16-6-8-17(9-7-16)20(24)22-18-14(3)11-13(2)12-15(18)4/h5-9,11-12H,1,10H2,2-4H3,(H,21,23)(H,22,24). The maximum Gasteiger partial charge on any atom is 0.255 e. The van der Waals surface area contributed by atoms with Gasteiger partial charge >= 0.3 is 0 Å². The van der Waals surface area contributed by atoms with Crippen LogP contribution >= 0.6 is 0 Å². The quantitative estimate of drug-likeness (QED) is 0.823. The smallest absolute Gasteiger partial charge is 0.255 e. The van der Waals surface area contributed by atoms with Crippen molar-refractivity contribution >= 4 is 17.5 Å². The SMILES string of the molecule is C=CCNC(=O)c1ccc(C(=O)Nc2c(C)cc(C)cc2C)cc1. The Morgan fingerprint density at radius 2 is 1.46 bits per heavy atom. The molecule has 0 bridgehead atoms. The molecule has 0 saturated heterocycles. The van der Waals surface area contributed by atoms with E-state index in [1.807, 2.05) is 32.9 Å². The summed E-state index contributed by atoms with van der Waals surface area (Å²) in [5.41, 5.74) is 5.07. The van der Waals surface area contributed by atoms with E-state index in [1.54, 1.807) is 30.3 Å². The average molecular weight is 322 g/mol. The van der Waals surface area contributed by atoms with Crippen molar-refractivity contribution in [2.45, 2.75) is 20.8 Å². The Labute approximate surface area is 142 Å². The molecular weight excluding hydrogens is 300 g/mol. The lowest BCUT2D eigenvalue weighted by molar-refractivity contribution is 0.0956. The third kappa shape index (κ3) is 4.10. The number of carbonyl (C=O) groups is 2. The fourth-order valence-corrected chi connectivity index (χ4v) is 2.60.